The van der Waals surface area contributed by atoms with Gasteiger partial charge in [0.2, 0.25) is 0 Å². The van der Waals surface area contributed by atoms with E-state index in [0.29, 0.717) is 0 Å². The lowest BCUT2D eigenvalue weighted by molar-refractivity contribution is 1.28. The van der Waals surface area contributed by atoms with Crippen molar-refractivity contribution in [1.82, 2.24) is 0 Å². The summed E-state index contributed by atoms with van der Waals surface area (Å²) in [5.74, 6) is 0. The molecule has 1 nitrogen and oxygen atoms in total. The molecule has 0 N–H and O–H groups in total. The van der Waals surface area contributed by atoms with E-state index in [1.807, 2.05) is 22.7 Å². The zero-order chi connectivity index (χ0) is 40.3. The quantitative estimate of drug-likeness (QED) is 0.155. The number of anilines is 3. The van der Waals surface area contributed by atoms with Gasteiger partial charge in [-0.3, -0.25) is 0 Å². The molecule has 0 saturated carbocycles. The second kappa shape index (κ2) is 14.8. The molecule has 2 heterocycles. The average Bonchev–Trinajstić information content (AvgIpc) is 3.91. The van der Waals surface area contributed by atoms with Crippen LogP contribution in [0.3, 0.4) is 0 Å². The van der Waals surface area contributed by atoms with Crippen LogP contribution < -0.4 is 4.90 Å². The summed E-state index contributed by atoms with van der Waals surface area (Å²) in [7, 11) is 0. The number of para-hydroxylation sites is 1. The molecule has 10 aromatic carbocycles. The Bertz CT molecular complexity index is 3430. The Morgan fingerprint density at radius 3 is 1.33 bits per heavy atom. The topological polar surface area (TPSA) is 3.24 Å². The van der Waals surface area contributed by atoms with Crippen LogP contribution >= 0.6 is 22.7 Å². The Kier molecular flexibility index (Phi) is 8.62. The molecule has 2 aromatic heterocycles. The Hall–Kier alpha value is -7.30. The van der Waals surface area contributed by atoms with E-state index in [1.54, 1.807) is 0 Å². The third-order valence-electron chi connectivity index (χ3n) is 12.1. The Labute approximate surface area is 362 Å². The van der Waals surface area contributed by atoms with Gasteiger partial charge in [0.05, 0.1) is 5.69 Å². The van der Waals surface area contributed by atoms with E-state index in [9.17, 15) is 0 Å². The first-order chi connectivity index (χ1) is 30.2. The molecule has 0 unspecified atom stereocenters. The minimum Gasteiger partial charge on any atom is -0.310 e. The molecular weight excluding hydrogens is 775 g/mol. The van der Waals surface area contributed by atoms with Crippen molar-refractivity contribution >= 4 is 90.9 Å². The summed E-state index contributed by atoms with van der Waals surface area (Å²) in [6.07, 6.45) is 0. The Morgan fingerprint density at radius 1 is 0.279 bits per heavy atom. The monoisotopic (exact) mass is 811 g/mol. The Balaban J connectivity index is 1.00. The van der Waals surface area contributed by atoms with Crippen LogP contribution in [-0.4, -0.2) is 0 Å². The van der Waals surface area contributed by atoms with E-state index in [0.717, 1.165) is 17.1 Å². The molecule has 0 bridgehead atoms. The summed E-state index contributed by atoms with van der Waals surface area (Å²) in [5, 5.41) is 7.79. The van der Waals surface area contributed by atoms with Crippen molar-refractivity contribution in [3.63, 3.8) is 0 Å². The Morgan fingerprint density at radius 2 is 0.705 bits per heavy atom. The zero-order valence-corrected chi connectivity index (χ0v) is 34.8. The van der Waals surface area contributed by atoms with Gasteiger partial charge in [-0.15, -0.1) is 22.7 Å². The second-order valence-corrected chi connectivity index (χ2v) is 17.8. The largest absolute Gasteiger partial charge is 0.310 e. The van der Waals surface area contributed by atoms with E-state index >= 15 is 0 Å². The minimum atomic E-state index is 1.10. The van der Waals surface area contributed by atoms with Crippen molar-refractivity contribution in [3.8, 4) is 44.5 Å². The maximum Gasteiger partial charge on any atom is 0.0540 e. The summed E-state index contributed by atoms with van der Waals surface area (Å²) < 4.78 is 5.27. The molecule has 0 atom stereocenters. The van der Waals surface area contributed by atoms with Crippen molar-refractivity contribution in [3.05, 3.63) is 224 Å². The van der Waals surface area contributed by atoms with Crippen molar-refractivity contribution < 1.29 is 0 Å². The van der Waals surface area contributed by atoms with E-state index in [2.05, 4.69) is 229 Å². The fourth-order valence-corrected chi connectivity index (χ4v) is 11.5. The van der Waals surface area contributed by atoms with Gasteiger partial charge in [-0.1, -0.05) is 164 Å². The second-order valence-electron chi connectivity index (χ2n) is 15.6. The molecule has 286 valence electrons. The van der Waals surface area contributed by atoms with Crippen molar-refractivity contribution in [1.29, 1.82) is 0 Å². The lowest BCUT2D eigenvalue weighted by Gasteiger charge is -2.28. The molecular formula is C58H37NS2. The van der Waals surface area contributed by atoms with Crippen LogP contribution in [0.5, 0.6) is 0 Å². The van der Waals surface area contributed by atoms with Gasteiger partial charge < -0.3 is 4.90 Å². The number of hydrogen-bond donors (Lipinski definition) is 0. The van der Waals surface area contributed by atoms with Gasteiger partial charge >= 0.3 is 0 Å². The van der Waals surface area contributed by atoms with E-state index in [-0.39, 0.29) is 0 Å². The zero-order valence-electron chi connectivity index (χ0n) is 33.1. The van der Waals surface area contributed by atoms with Crippen molar-refractivity contribution in [2.75, 3.05) is 4.90 Å². The molecule has 0 aliphatic heterocycles. The normalized spacial score (nSPS) is 11.6. The van der Waals surface area contributed by atoms with E-state index in [4.69, 9.17) is 0 Å². The molecule has 12 rings (SSSR count). The number of nitrogens with zero attached hydrogens (tertiary/aromatic N) is 1. The van der Waals surface area contributed by atoms with Crippen LogP contribution in [0.4, 0.5) is 17.1 Å². The first-order valence-corrected chi connectivity index (χ1v) is 22.4. The van der Waals surface area contributed by atoms with Crippen LogP contribution in [0.2, 0.25) is 0 Å². The van der Waals surface area contributed by atoms with Gasteiger partial charge in [-0.25, -0.2) is 0 Å². The minimum absolute atomic E-state index is 1.10. The summed E-state index contributed by atoms with van der Waals surface area (Å²) >= 11 is 3.73. The van der Waals surface area contributed by atoms with E-state index < -0.39 is 0 Å². The highest BCUT2D eigenvalue weighted by Crippen LogP contribution is 2.46. The summed E-state index contributed by atoms with van der Waals surface area (Å²) in [5.41, 5.74) is 13.0. The standard InChI is InChI=1S/C58H37NS2/c1-2-17-45-38(13-1)14-10-21-46(45)41-15-9-16-42(37-41)47-18-3-6-24-52(47)59(43-33-29-39(30-34-43)48-22-11-27-55-57(48)50-19-4-7-25-53(50)60-55)44-35-31-40(32-36-44)49-23-12-28-56-58(49)51-20-5-8-26-54(51)61-56/h1-37H. The maximum absolute atomic E-state index is 2.43. The van der Waals surface area contributed by atoms with Crippen molar-refractivity contribution in [2.45, 2.75) is 0 Å². The first-order valence-electron chi connectivity index (χ1n) is 20.7. The average molecular weight is 812 g/mol. The predicted molar refractivity (Wildman–Crippen MR) is 266 cm³/mol. The summed E-state index contributed by atoms with van der Waals surface area (Å²) in [4.78, 5) is 2.43. The lowest BCUT2D eigenvalue weighted by Crippen LogP contribution is -2.11. The highest BCUT2D eigenvalue weighted by Gasteiger charge is 2.20. The SMILES string of the molecule is c1cc(-c2ccccc2N(c2ccc(-c3cccc4sc5ccccc5c34)cc2)c2ccc(-c3cccc4sc5ccccc5c34)cc2)cc(-c2cccc3ccccc23)c1. The fourth-order valence-electron chi connectivity index (χ4n) is 9.28. The van der Waals surface area contributed by atoms with Crippen LogP contribution in [0.1, 0.15) is 0 Å². The highest BCUT2D eigenvalue weighted by molar-refractivity contribution is 7.26. The van der Waals surface area contributed by atoms with Gasteiger partial charge in [0, 0.05) is 57.3 Å². The third-order valence-corrected chi connectivity index (χ3v) is 14.4. The molecule has 0 amide bonds. The van der Waals surface area contributed by atoms with Gasteiger partial charge in [-0.2, -0.15) is 0 Å². The third kappa shape index (κ3) is 6.13. The molecule has 0 fully saturated rings. The first kappa shape index (κ1) is 35.6. The molecule has 0 spiro atoms. The van der Waals surface area contributed by atoms with Gasteiger partial charge in [-0.05, 0) is 110 Å². The predicted octanol–water partition coefficient (Wildman–Crippen LogP) is 17.7. The number of fused-ring (bicyclic) bond motifs is 7. The molecule has 0 aliphatic carbocycles. The van der Waals surface area contributed by atoms with Crippen LogP contribution in [-0.2, 0) is 0 Å². The van der Waals surface area contributed by atoms with Crippen LogP contribution in [0.25, 0.3) is 95.6 Å². The van der Waals surface area contributed by atoms with Crippen molar-refractivity contribution in [2.24, 2.45) is 0 Å². The van der Waals surface area contributed by atoms with Crippen LogP contribution in [0.15, 0.2) is 224 Å². The van der Waals surface area contributed by atoms with Gasteiger partial charge in [0.1, 0.15) is 0 Å². The molecule has 0 radical (unpaired) electrons. The number of hydrogen-bond acceptors (Lipinski definition) is 3. The van der Waals surface area contributed by atoms with E-state index in [1.165, 1.54) is 95.6 Å². The maximum atomic E-state index is 2.43. The number of thiophene rings is 2. The van der Waals surface area contributed by atoms with Gasteiger partial charge in [0.25, 0.3) is 0 Å². The molecule has 12 aromatic rings. The highest BCUT2D eigenvalue weighted by atomic mass is 32.1. The van der Waals surface area contributed by atoms with Gasteiger partial charge in [0.15, 0.2) is 0 Å². The molecule has 0 saturated heterocycles. The fraction of sp³-hybridized carbons (Fsp3) is 0. The molecule has 61 heavy (non-hydrogen) atoms. The molecule has 0 aliphatic rings. The number of rotatable bonds is 7. The smallest absolute Gasteiger partial charge is 0.0540 e. The molecule has 3 heteroatoms. The summed E-state index contributed by atoms with van der Waals surface area (Å²) in [6.45, 7) is 0. The lowest BCUT2D eigenvalue weighted by atomic mass is 9.94. The number of benzene rings is 10. The summed E-state index contributed by atoms with van der Waals surface area (Å²) in [6, 6.07) is 82.4. The van der Waals surface area contributed by atoms with Crippen LogP contribution in [0, 0.1) is 0 Å².